The van der Waals surface area contributed by atoms with Gasteiger partial charge in [-0.25, -0.2) is 0 Å². The highest BCUT2D eigenvalue weighted by molar-refractivity contribution is 4.87. The molecule has 2 rings (SSSR count). The third-order valence-corrected chi connectivity index (χ3v) is 4.26. The van der Waals surface area contributed by atoms with E-state index in [0.717, 1.165) is 45.2 Å². The van der Waals surface area contributed by atoms with Crippen molar-refractivity contribution in [2.75, 3.05) is 13.1 Å². The minimum absolute atomic E-state index is 0.142. The predicted octanol–water partition coefficient (Wildman–Crippen LogP) is 1.53. The van der Waals surface area contributed by atoms with Crippen LogP contribution in [-0.4, -0.2) is 45.9 Å². The van der Waals surface area contributed by atoms with Crippen LogP contribution in [0.4, 0.5) is 0 Å². The van der Waals surface area contributed by atoms with E-state index >= 15 is 0 Å². The maximum Gasteiger partial charge on any atom is 0.0695 e. The van der Waals surface area contributed by atoms with E-state index in [0.29, 0.717) is 6.04 Å². The molecule has 0 aromatic rings. The Morgan fingerprint density at radius 2 is 1.81 bits per heavy atom. The molecule has 1 aliphatic carbocycles. The lowest BCUT2D eigenvalue weighted by atomic mass is 9.91. The molecule has 3 nitrogen and oxygen atoms in total. The van der Waals surface area contributed by atoms with E-state index in [4.69, 9.17) is 0 Å². The van der Waals surface area contributed by atoms with E-state index in [1.54, 1.807) is 0 Å². The van der Waals surface area contributed by atoms with Crippen molar-refractivity contribution in [3.05, 3.63) is 0 Å². The number of aliphatic hydroxyl groups is 2. The molecule has 0 aromatic carbocycles. The van der Waals surface area contributed by atoms with E-state index in [1.165, 1.54) is 12.8 Å². The quantitative estimate of drug-likeness (QED) is 0.714. The van der Waals surface area contributed by atoms with E-state index in [2.05, 4.69) is 4.90 Å². The minimum atomic E-state index is -0.492. The first-order valence-electron chi connectivity index (χ1n) is 6.73. The maximum absolute atomic E-state index is 10.0. The first-order valence-corrected chi connectivity index (χ1v) is 6.73. The lowest BCUT2D eigenvalue weighted by Gasteiger charge is -2.37. The number of hydrogen-bond acceptors (Lipinski definition) is 3. The topological polar surface area (TPSA) is 43.7 Å². The molecular formula is C13H25NO2. The summed E-state index contributed by atoms with van der Waals surface area (Å²) in [6.07, 6.45) is 7.15. The molecule has 1 unspecified atom stereocenters. The molecule has 2 aliphatic rings. The van der Waals surface area contributed by atoms with Crippen molar-refractivity contribution in [1.29, 1.82) is 0 Å². The Labute approximate surface area is 98.5 Å². The third-order valence-electron chi connectivity index (χ3n) is 4.26. The molecule has 1 aliphatic heterocycles. The number of likely N-dealkylation sites (tertiary alicyclic amines) is 1. The predicted molar refractivity (Wildman–Crippen MR) is 64.3 cm³/mol. The molecule has 2 N–H and O–H groups in total. The van der Waals surface area contributed by atoms with Crippen LogP contribution in [0.3, 0.4) is 0 Å². The van der Waals surface area contributed by atoms with Crippen molar-refractivity contribution < 1.29 is 10.2 Å². The first kappa shape index (κ1) is 12.3. The lowest BCUT2D eigenvalue weighted by molar-refractivity contribution is 0.0114. The van der Waals surface area contributed by atoms with Gasteiger partial charge in [0.2, 0.25) is 0 Å². The summed E-state index contributed by atoms with van der Waals surface area (Å²) in [6.45, 7) is 3.92. The molecule has 2 fully saturated rings. The number of aliphatic hydroxyl groups excluding tert-OH is 1. The summed E-state index contributed by atoms with van der Waals surface area (Å²) < 4.78 is 0. The van der Waals surface area contributed by atoms with E-state index in [9.17, 15) is 10.2 Å². The molecule has 94 valence electrons. The Hall–Kier alpha value is -0.120. The van der Waals surface area contributed by atoms with E-state index < -0.39 is 5.60 Å². The third kappa shape index (κ3) is 2.96. The smallest absolute Gasteiger partial charge is 0.0695 e. The molecule has 1 saturated heterocycles. The van der Waals surface area contributed by atoms with Crippen LogP contribution >= 0.6 is 0 Å². The fourth-order valence-electron chi connectivity index (χ4n) is 3.13. The molecule has 0 aromatic heterocycles. The molecule has 0 spiro atoms. The Morgan fingerprint density at radius 3 is 2.56 bits per heavy atom. The van der Waals surface area contributed by atoms with E-state index in [-0.39, 0.29) is 6.10 Å². The fourth-order valence-corrected chi connectivity index (χ4v) is 3.13. The molecule has 16 heavy (non-hydrogen) atoms. The molecule has 1 saturated carbocycles. The number of rotatable bonds is 1. The van der Waals surface area contributed by atoms with Gasteiger partial charge in [-0.1, -0.05) is 12.8 Å². The highest BCUT2D eigenvalue weighted by atomic mass is 16.3. The van der Waals surface area contributed by atoms with Gasteiger partial charge in [0.1, 0.15) is 0 Å². The van der Waals surface area contributed by atoms with Crippen LogP contribution in [-0.2, 0) is 0 Å². The summed E-state index contributed by atoms with van der Waals surface area (Å²) >= 11 is 0. The van der Waals surface area contributed by atoms with Crippen molar-refractivity contribution in [3.8, 4) is 0 Å². The van der Waals surface area contributed by atoms with Crippen LogP contribution in [0.2, 0.25) is 0 Å². The second-order valence-electron chi connectivity index (χ2n) is 5.81. The van der Waals surface area contributed by atoms with Gasteiger partial charge in [-0.3, -0.25) is 4.90 Å². The van der Waals surface area contributed by atoms with Gasteiger partial charge in [0.25, 0.3) is 0 Å². The van der Waals surface area contributed by atoms with Crippen molar-refractivity contribution in [3.63, 3.8) is 0 Å². The van der Waals surface area contributed by atoms with Crippen molar-refractivity contribution in [2.24, 2.45) is 0 Å². The maximum atomic E-state index is 10.0. The second-order valence-corrected chi connectivity index (χ2v) is 5.81. The van der Waals surface area contributed by atoms with Gasteiger partial charge in [-0.2, -0.15) is 0 Å². The van der Waals surface area contributed by atoms with Gasteiger partial charge >= 0.3 is 0 Å². The highest BCUT2D eigenvalue weighted by Crippen LogP contribution is 2.28. The summed E-state index contributed by atoms with van der Waals surface area (Å²) in [4.78, 5) is 2.41. The van der Waals surface area contributed by atoms with Gasteiger partial charge < -0.3 is 10.2 Å². The average Bonchev–Trinajstić information content (AvgIpc) is 2.40. The Bertz CT molecular complexity index is 230. The van der Waals surface area contributed by atoms with Gasteiger partial charge in [0, 0.05) is 12.6 Å². The van der Waals surface area contributed by atoms with Crippen molar-refractivity contribution >= 4 is 0 Å². The van der Waals surface area contributed by atoms with Crippen molar-refractivity contribution in [2.45, 2.75) is 69.6 Å². The largest absolute Gasteiger partial charge is 0.391 e. The zero-order valence-electron chi connectivity index (χ0n) is 10.4. The Morgan fingerprint density at radius 1 is 1.06 bits per heavy atom. The van der Waals surface area contributed by atoms with Crippen LogP contribution in [0, 0.1) is 0 Å². The number of hydrogen-bond donors (Lipinski definition) is 2. The Balaban J connectivity index is 1.93. The SMILES string of the molecule is CC1(O)CCCN([C@@H]2CCCC[C@H]2O)CC1. The molecule has 0 radical (unpaired) electrons. The normalized spacial score (nSPS) is 42.9. The summed E-state index contributed by atoms with van der Waals surface area (Å²) in [5.41, 5.74) is -0.492. The van der Waals surface area contributed by atoms with Gasteiger partial charge in [0.15, 0.2) is 0 Å². The average molecular weight is 227 g/mol. The second kappa shape index (κ2) is 5.03. The Kier molecular flexibility index (Phi) is 3.88. The van der Waals surface area contributed by atoms with Crippen LogP contribution in [0.25, 0.3) is 0 Å². The van der Waals surface area contributed by atoms with Crippen molar-refractivity contribution in [1.82, 2.24) is 4.90 Å². The van der Waals surface area contributed by atoms with Crippen LogP contribution in [0.5, 0.6) is 0 Å². The van der Waals surface area contributed by atoms with Gasteiger partial charge in [0.05, 0.1) is 11.7 Å². The van der Waals surface area contributed by atoms with Crippen LogP contribution < -0.4 is 0 Å². The molecule has 1 heterocycles. The molecular weight excluding hydrogens is 202 g/mol. The summed E-state index contributed by atoms with van der Waals surface area (Å²) in [6, 6.07) is 0.350. The molecule has 0 amide bonds. The molecule has 0 bridgehead atoms. The van der Waals surface area contributed by atoms with Crippen LogP contribution in [0.15, 0.2) is 0 Å². The van der Waals surface area contributed by atoms with Gasteiger partial charge in [-0.05, 0) is 45.6 Å². The summed E-state index contributed by atoms with van der Waals surface area (Å²) in [5, 5.41) is 20.1. The lowest BCUT2D eigenvalue weighted by Crippen LogP contribution is -2.46. The number of nitrogens with zero attached hydrogens (tertiary/aromatic N) is 1. The highest BCUT2D eigenvalue weighted by Gasteiger charge is 2.32. The first-order chi connectivity index (χ1) is 7.58. The van der Waals surface area contributed by atoms with E-state index in [1.807, 2.05) is 6.92 Å². The minimum Gasteiger partial charge on any atom is -0.391 e. The summed E-state index contributed by atoms with van der Waals surface area (Å²) in [5.74, 6) is 0. The fraction of sp³-hybridized carbons (Fsp3) is 1.00. The molecule has 3 atom stereocenters. The van der Waals surface area contributed by atoms with Gasteiger partial charge in [-0.15, -0.1) is 0 Å². The zero-order valence-corrected chi connectivity index (χ0v) is 10.4. The monoisotopic (exact) mass is 227 g/mol. The summed E-state index contributed by atoms with van der Waals surface area (Å²) in [7, 11) is 0. The zero-order chi connectivity index (χ0) is 11.6. The van der Waals surface area contributed by atoms with Crippen LogP contribution in [0.1, 0.15) is 51.9 Å². The standard InChI is InChI=1S/C13H25NO2/c1-13(16)7-4-9-14(10-8-13)11-5-2-3-6-12(11)15/h11-12,15-16H,2-10H2,1H3/t11-,12-,13?/m1/s1. The molecule has 3 heteroatoms.